The van der Waals surface area contributed by atoms with Crippen LogP contribution in [-0.2, 0) is 9.59 Å². The normalized spacial score (nSPS) is 12.8. The summed E-state index contributed by atoms with van der Waals surface area (Å²) in [5.41, 5.74) is 10.6. The number of hydrogen-bond acceptors (Lipinski definition) is 4. The van der Waals surface area contributed by atoms with Gasteiger partial charge >= 0.3 is 5.97 Å². The van der Waals surface area contributed by atoms with Crippen LogP contribution >= 0.6 is 12.4 Å². The van der Waals surface area contributed by atoms with E-state index in [1.807, 2.05) is 0 Å². The monoisotopic (exact) mass is 281 g/mol. The molecular weight excluding hydrogens is 262 g/mol. The first-order chi connectivity index (χ1) is 7.84. The molecule has 1 amide bonds. The molecule has 0 rings (SSSR count). The van der Waals surface area contributed by atoms with Gasteiger partial charge in [-0.15, -0.1) is 12.4 Å². The third-order valence-corrected chi connectivity index (χ3v) is 2.07. The fraction of sp³-hybridized carbons (Fsp3) is 0.667. The highest BCUT2D eigenvalue weighted by Gasteiger charge is 2.18. The second kappa shape index (κ2) is 9.49. The minimum absolute atomic E-state index is 0. The Labute approximate surface area is 111 Å². The molecule has 0 bridgehead atoms. The summed E-state index contributed by atoms with van der Waals surface area (Å²) >= 11 is 0. The molecule has 0 fully saturated rings. The van der Waals surface area contributed by atoms with Gasteiger partial charge in [-0.2, -0.15) is 0 Å². The van der Waals surface area contributed by atoms with E-state index in [1.165, 1.54) is 6.92 Å². The first-order valence-corrected chi connectivity index (χ1v) is 5.21. The molecule has 2 atom stereocenters. The molecule has 9 heteroatoms. The van der Waals surface area contributed by atoms with E-state index in [0.717, 1.165) is 0 Å². The van der Waals surface area contributed by atoms with Crippen LogP contribution in [0.15, 0.2) is 0 Å². The fourth-order valence-corrected chi connectivity index (χ4v) is 1.06. The van der Waals surface area contributed by atoms with Crippen molar-refractivity contribution in [2.45, 2.75) is 31.8 Å². The van der Waals surface area contributed by atoms with Gasteiger partial charge in [0.15, 0.2) is 5.96 Å². The molecule has 0 saturated carbocycles. The summed E-state index contributed by atoms with van der Waals surface area (Å²) in [6.07, 6.45) is 0.952. The van der Waals surface area contributed by atoms with E-state index in [1.54, 1.807) is 0 Å². The van der Waals surface area contributed by atoms with Crippen molar-refractivity contribution in [2.24, 2.45) is 11.5 Å². The van der Waals surface area contributed by atoms with Gasteiger partial charge in [-0.3, -0.25) is 15.0 Å². The van der Waals surface area contributed by atoms with Gasteiger partial charge in [-0.05, 0) is 19.8 Å². The zero-order valence-corrected chi connectivity index (χ0v) is 10.9. The summed E-state index contributed by atoms with van der Waals surface area (Å²) in [5.74, 6) is -1.74. The lowest BCUT2D eigenvalue weighted by atomic mass is 10.1. The first kappa shape index (κ1) is 18.8. The third kappa shape index (κ3) is 8.59. The van der Waals surface area contributed by atoms with Gasteiger partial charge in [-0.1, -0.05) is 0 Å². The zero-order valence-electron chi connectivity index (χ0n) is 10.1. The smallest absolute Gasteiger partial charge is 0.325 e. The van der Waals surface area contributed by atoms with Gasteiger partial charge in [0.25, 0.3) is 0 Å². The molecule has 0 aromatic heterocycles. The molecule has 0 radical (unpaired) electrons. The van der Waals surface area contributed by atoms with Crippen molar-refractivity contribution in [3.63, 3.8) is 0 Å². The zero-order chi connectivity index (χ0) is 13.4. The topological polar surface area (TPSA) is 154 Å². The predicted molar refractivity (Wildman–Crippen MR) is 69.6 cm³/mol. The van der Waals surface area contributed by atoms with Crippen molar-refractivity contribution >= 4 is 30.2 Å². The minimum atomic E-state index is -1.11. The first-order valence-electron chi connectivity index (χ1n) is 5.21. The summed E-state index contributed by atoms with van der Waals surface area (Å²) in [6.45, 7) is 1.81. The van der Waals surface area contributed by atoms with E-state index < -0.39 is 24.0 Å². The Morgan fingerprint density at radius 2 is 2.00 bits per heavy atom. The van der Waals surface area contributed by atoms with Crippen molar-refractivity contribution in [2.75, 3.05) is 6.54 Å². The lowest BCUT2D eigenvalue weighted by Crippen LogP contribution is -2.47. The minimum Gasteiger partial charge on any atom is -0.480 e. The standard InChI is InChI=1S/C9H19N5O3.ClH/c1-5(8(16)17)14-7(15)6(10)3-2-4-13-9(11)12;/h5-6H,2-4,10H2,1H3,(H,14,15)(H,16,17)(H4,11,12,13);1H/t5-,6+;/m0./s1. The van der Waals surface area contributed by atoms with Crippen molar-refractivity contribution in [1.29, 1.82) is 5.41 Å². The van der Waals surface area contributed by atoms with Crippen molar-refractivity contribution in [1.82, 2.24) is 10.6 Å². The second-order valence-corrected chi connectivity index (χ2v) is 3.66. The Bertz CT molecular complexity index is 300. The summed E-state index contributed by atoms with van der Waals surface area (Å²) in [6, 6.07) is -1.71. The largest absolute Gasteiger partial charge is 0.480 e. The molecular formula is C9H20ClN5O3. The highest BCUT2D eigenvalue weighted by molar-refractivity contribution is 5.86. The SMILES string of the molecule is C[C@H](NC(=O)[C@H](N)CCCNC(=N)N)C(=O)O.Cl. The quantitative estimate of drug-likeness (QED) is 0.191. The molecule has 0 spiro atoms. The average Bonchev–Trinajstić information content (AvgIpc) is 2.23. The lowest BCUT2D eigenvalue weighted by Gasteiger charge is -2.14. The highest BCUT2D eigenvalue weighted by Crippen LogP contribution is 1.94. The van der Waals surface area contributed by atoms with Crippen LogP contribution in [0.3, 0.4) is 0 Å². The van der Waals surface area contributed by atoms with Gasteiger partial charge in [-0.25, -0.2) is 0 Å². The van der Waals surface area contributed by atoms with Crippen molar-refractivity contribution < 1.29 is 14.7 Å². The number of nitrogens with one attached hydrogen (secondary N) is 3. The van der Waals surface area contributed by atoms with Gasteiger partial charge in [0.2, 0.25) is 5.91 Å². The van der Waals surface area contributed by atoms with Gasteiger partial charge in [0.05, 0.1) is 6.04 Å². The van der Waals surface area contributed by atoms with Crippen LogP contribution < -0.4 is 22.1 Å². The van der Waals surface area contributed by atoms with Gasteiger partial charge in [0, 0.05) is 6.54 Å². The van der Waals surface area contributed by atoms with E-state index in [-0.39, 0.29) is 18.4 Å². The molecule has 18 heavy (non-hydrogen) atoms. The van der Waals surface area contributed by atoms with E-state index in [4.69, 9.17) is 22.0 Å². The number of carboxylic acids is 1. The van der Waals surface area contributed by atoms with Crippen LogP contribution in [0.25, 0.3) is 0 Å². The van der Waals surface area contributed by atoms with Gasteiger partial charge < -0.3 is 27.2 Å². The number of hydrogen-bond donors (Lipinski definition) is 6. The molecule has 106 valence electrons. The summed E-state index contributed by atoms with van der Waals surface area (Å²) in [4.78, 5) is 21.9. The molecule has 0 aliphatic heterocycles. The number of nitrogens with two attached hydrogens (primary N) is 2. The van der Waals surface area contributed by atoms with Crippen LogP contribution in [0.4, 0.5) is 0 Å². The molecule has 0 saturated heterocycles. The Kier molecular flexibility index (Phi) is 9.92. The Morgan fingerprint density at radius 3 is 2.44 bits per heavy atom. The molecule has 0 aliphatic rings. The van der Waals surface area contributed by atoms with E-state index >= 15 is 0 Å². The molecule has 0 aromatic carbocycles. The number of amides is 1. The fourth-order valence-electron chi connectivity index (χ4n) is 1.06. The third-order valence-electron chi connectivity index (χ3n) is 2.07. The summed E-state index contributed by atoms with van der Waals surface area (Å²) in [7, 11) is 0. The Hall–Kier alpha value is -1.54. The molecule has 8 N–H and O–H groups in total. The number of aliphatic carboxylic acids is 1. The van der Waals surface area contributed by atoms with E-state index in [2.05, 4.69) is 10.6 Å². The van der Waals surface area contributed by atoms with Crippen molar-refractivity contribution in [3.05, 3.63) is 0 Å². The van der Waals surface area contributed by atoms with Crippen molar-refractivity contribution in [3.8, 4) is 0 Å². The number of carbonyl (C=O) groups is 2. The van der Waals surface area contributed by atoms with Crippen LogP contribution in [-0.4, -0.2) is 41.6 Å². The van der Waals surface area contributed by atoms with Crippen LogP contribution in [0.5, 0.6) is 0 Å². The van der Waals surface area contributed by atoms with E-state index in [9.17, 15) is 9.59 Å². The molecule has 0 heterocycles. The predicted octanol–water partition coefficient (Wildman–Crippen LogP) is -1.41. The van der Waals surface area contributed by atoms with Crippen LogP contribution in [0.1, 0.15) is 19.8 Å². The molecule has 0 aliphatic carbocycles. The number of halogens is 1. The maximum absolute atomic E-state index is 11.4. The number of guanidine groups is 1. The number of carboxylic acid groups (broad SMARTS) is 1. The summed E-state index contributed by atoms with van der Waals surface area (Å²) < 4.78 is 0. The maximum Gasteiger partial charge on any atom is 0.325 e. The molecule has 0 aromatic rings. The highest BCUT2D eigenvalue weighted by atomic mass is 35.5. The second-order valence-electron chi connectivity index (χ2n) is 3.66. The van der Waals surface area contributed by atoms with Crippen LogP contribution in [0.2, 0.25) is 0 Å². The molecule has 0 unspecified atom stereocenters. The summed E-state index contributed by atoms with van der Waals surface area (Å²) in [5, 5.41) is 20.3. The Morgan fingerprint density at radius 1 is 1.44 bits per heavy atom. The van der Waals surface area contributed by atoms with Gasteiger partial charge in [0.1, 0.15) is 6.04 Å². The number of carbonyl (C=O) groups excluding carboxylic acids is 1. The maximum atomic E-state index is 11.4. The lowest BCUT2D eigenvalue weighted by molar-refractivity contribution is -0.141. The average molecular weight is 282 g/mol. The van der Waals surface area contributed by atoms with Crippen LogP contribution in [0, 0.1) is 5.41 Å². The number of rotatable bonds is 7. The van der Waals surface area contributed by atoms with E-state index in [0.29, 0.717) is 19.4 Å². The Balaban J connectivity index is 0. The molecule has 8 nitrogen and oxygen atoms in total.